The van der Waals surface area contributed by atoms with E-state index in [0.717, 1.165) is 10.9 Å². The topological polar surface area (TPSA) is 38.0 Å². The smallest absolute Gasteiger partial charge is 0.0599 e. The molecule has 0 amide bonds. The van der Waals surface area contributed by atoms with E-state index in [9.17, 15) is 0 Å². The molecule has 17 heavy (non-hydrogen) atoms. The summed E-state index contributed by atoms with van der Waals surface area (Å²) in [6.07, 6.45) is 6.53. The third-order valence-corrected chi connectivity index (χ3v) is 5.47. The van der Waals surface area contributed by atoms with Crippen molar-refractivity contribution < 1.29 is 0 Å². The van der Waals surface area contributed by atoms with Crippen LogP contribution in [-0.2, 0) is 0 Å². The number of hydrogen-bond donors (Lipinski definition) is 2. The van der Waals surface area contributed by atoms with Gasteiger partial charge in [0.15, 0.2) is 0 Å². The van der Waals surface area contributed by atoms with Gasteiger partial charge in [0.25, 0.3) is 0 Å². The van der Waals surface area contributed by atoms with Gasteiger partial charge in [-0.2, -0.15) is 0 Å². The van der Waals surface area contributed by atoms with Crippen molar-refractivity contribution in [3.05, 3.63) is 21.3 Å². The molecule has 3 atom stereocenters. The fourth-order valence-electron chi connectivity index (χ4n) is 3.10. The van der Waals surface area contributed by atoms with Crippen LogP contribution in [0.1, 0.15) is 49.9 Å². The number of nitrogens with one attached hydrogen (secondary N) is 1. The Morgan fingerprint density at radius 2 is 2.29 bits per heavy atom. The second-order valence-corrected chi connectivity index (χ2v) is 6.25. The Morgan fingerprint density at radius 3 is 2.88 bits per heavy atom. The van der Waals surface area contributed by atoms with Gasteiger partial charge >= 0.3 is 0 Å². The first-order valence-electron chi connectivity index (χ1n) is 6.47. The van der Waals surface area contributed by atoms with Crippen molar-refractivity contribution in [1.82, 2.24) is 5.43 Å². The maximum Gasteiger partial charge on any atom is 0.0599 e. The van der Waals surface area contributed by atoms with E-state index in [-0.39, 0.29) is 6.04 Å². The van der Waals surface area contributed by atoms with Crippen LogP contribution < -0.4 is 11.3 Å². The first-order valence-corrected chi connectivity index (χ1v) is 7.72. The third-order valence-electron chi connectivity index (χ3n) is 4.03. The summed E-state index contributed by atoms with van der Waals surface area (Å²) >= 11 is 7.95. The third kappa shape index (κ3) is 2.84. The Hall–Kier alpha value is -0.0900. The van der Waals surface area contributed by atoms with Crippen LogP contribution in [0, 0.1) is 11.8 Å². The van der Waals surface area contributed by atoms with Crippen LogP contribution in [-0.4, -0.2) is 0 Å². The maximum absolute atomic E-state index is 6.24. The normalized spacial score (nSPS) is 27.0. The van der Waals surface area contributed by atoms with Gasteiger partial charge in [0.2, 0.25) is 0 Å². The summed E-state index contributed by atoms with van der Waals surface area (Å²) in [6.45, 7) is 2.28. The van der Waals surface area contributed by atoms with Crippen molar-refractivity contribution in [2.45, 2.75) is 45.1 Å². The lowest BCUT2D eigenvalue weighted by Gasteiger charge is -2.36. The number of hydrazine groups is 1. The first-order chi connectivity index (χ1) is 8.27. The van der Waals surface area contributed by atoms with Gasteiger partial charge in [0.1, 0.15) is 0 Å². The van der Waals surface area contributed by atoms with E-state index in [1.165, 1.54) is 37.0 Å². The summed E-state index contributed by atoms with van der Waals surface area (Å²) in [7, 11) is 0. The van der Waals surface area contributed by atoms with E-state index in [0.29, 0.717) is 5.92 Å². The molecule has 2 nitrogen and oxygen atoms in total. The minimum Gasteiger partial charge on any atom is -0.271 e. The molecule has 1 saturated carbocycles. The van der Waals surface area contributed by atoms with Crippen LogP contribution in [0.5, 0.6) is 0 Å². The van der Waals surface area contributed by atoms with Gasteiger partial charge in [-0.1, -0.05) is 44.2 Å². The molecule has 0 spiro atoms. The second kappa shape index (κ2) is 6.19. The summed E-state index contributed by atoms with van der Waals surface area (Å²) in [5.74, 6) is 7.19. The van der Waals surface area contributed by atoms with Gasteiger partial charge in [0.05, 0.1) is 11.1 Å². The number of halogens is 1. The molecule has 3 N–H and O–H groups in total. The lowest BCUT2D eigenvalue weighted by molar-refractivity contribution is 0.178. The zero-order valence-corrected chi connectivity index (χ0v) is 11.9. The minimum absolute atomic E-state index is 0.229. The highest BCUT2D eigenvalue weighted by Crippen LogP contribution is 2.43. The fraction of sp³-hybridized carbons (Fsp3) is 0.692. The predicted molar refractivity (Wildman–Crippen MR) is 75.1 cm³/mol. The maximum atomic E-state index is 6.24. The number of nitrogens with two attached hydrogens (primary N) is 1. The van der Waals surface area contributed by atoms with E-state index >= 15 is 0 Å². The molecule has 3 unspecified atom stereocenters. The SMILES string of the molecule is CCC1CCCCC1C(NN)c1sccc1Cl. The van der Waals surface area contributed by atoms with E-state index in [1.54, 1.807) is 11.3 Å². The molecule has 1 fully saturated rings. The van der Waals surface area contributed by atoms with Crippen molar-refractivity contribution in [1.29, 1.82) is 0 Å². The molecule has 0 saturated heterocycles. The molecule has 0 aliphatic heterocycles. The Balaban J connectivity index is 2.19. The van der Waals surface area contributed by atoms with E-state index in [1.807, 2.05) is 11.4 Å². The largest absolute Gasteiger partial charge is 0.271 e. The lowest BCUT2D eigenvalue weighted by atomic mass is 9.74. The molecule has 1 aromatic heterocycles. The molecular formula is C13H21ClN2S. The zero-order chi connectivity index (χ0) is 12.3. The molecule has 0 radical (unpaired) electrons. The van der Waals surface area contributed by atoms with Gasteiger partial charge in [-0.3, -0.25) is 11.3 Å². The molecule has 4 heteroatoms. The summed E-state index contributed by atoms with van der Waals surface area (Å²) in [5, 5.41) is 2.91. The first kappa shape index (κ1) is 13.3. The Bertz CT molecular complexity index is 353. The van der Waals surface area contributed by atoms with Crippen LogP contribution >= 0.6 is 22.9 Å². The molecular weight excluding hydrogens is 252 g/mol. The summed E-state index contributed by atoms with van der Waals surface area (Å²) in [4.78, 5) is 1.21. The predicted octanol–water partition coefficient (Wildman–Crippen LogP) is 4.12. The molecule has 0 bridgehead atoms. The van der Waals surface area contributed by atoms with E-state index in [4.69, 9.17) is 17.4 Å². The number of hydrogen-bond acceptors (Lipinski definition) is 3. The standard InChI is InChI=1S/C13H21ClN2S/c1-2-9-5-3-4-6-10(9)12(16-15)13-11(14)7-8-17-13/h7-10,12,16H,2-6,15H2,1H3. The van der Waals surface area contributed by atoms with Gasteiger partial charge < -0.3 is 0 Å². The zero-order valence-electron chi connectivity index (χ0n) is 10.3. The molecule has 96 valence electrons. The monoisotopic (exact) mass is 272 g/mol. The van der Waals surface area contributed by atoms with Gasteiger partial charge in [-0.25, -0.2) is 0 Å². The van der Waals surface area contributed by atoms with Crippen LogP contribution in [0.3, 0.4) is 0 Å². The van der Waals surface area contributed by atoms with E-state index in [2.05, 4.69) is 12.3 Å². The van der Waals surface area contributed by atoms with E-state index < -0.39 is 0 Å². The van der Waals surface area contributed by atoms with Crippen molar-refractivity contribution >= 4 is 22.9 Å². The average Bonchev–Trinajstić information content (AvgIpc) is 2.78. The van der Waals surface area contributed by atoms with Crippen molar-refractivity contribution in [2.75, 3.05) is 0 Å². The Kier molecular flexibility index (Phi) is 4.86. The van der Waals surface area contributed by atoms with Gasteiger partial charge in [-0.05, 0) is 29.7 Å². The molecule has 1 aromatic rings. The Morgan fingerprint density at radius 1 is 1.53 bits per heavy atom. The van der Waals surface area contributed by atoms with Crippen molar-refractivity contribution in [3.8, 4) is 0 Å². The minimum atomic E-state index is 0.229. The molecule has 1 aliphatic rings. The molecule has 0 aromatic carbocycles. The fourth-order valence-corrected chi connectivity index (χ4v) is 4.41. The number of thiophene rings is 1. The van der Waals surface area contributed by atoms with Crippen LogP contribution in [0.25, 0.3) is 0 Å². The highest BCUT2D eigenvalue weighted by atomic mass is 35.5. The summed E-state index contributed by atoms with van der Waals surface area (Å²) in [5.41, 5.74) is 3.01. The van der Waals surface area contributed by atoms with Crippen molar-refractivity contribution in [2.24, 2.45) is 17.7 Å². The van der Waals surface area contributed by atoms with Crippen LogP contribution in [0.4, 0.5) is 0 Å². The second-order valence-electron chi connectivity index (χ2n) is 4.89. The van der Waals surface area contributed by atoms with Crippen molar-refractivity contribution in [3.63, 3.8) is 0 Å². The summed E-state index contributed by atoms with van der Waals surface area (Å²) in [6, 6.07) is 2.20. The number of rotatable bonds is 4. The van der Waals surface area contributed by atoms with Crippen LogP contribution in [0.15, 0.2) is 11.4 Å². The summed E-state index contributed by atoms with van der Waals surface area (Å²) < 4.78 is 0. The highest BCUT2D eigenvalue weighted by molar-refractivity contribution is 7.10. The quantitative estimate of drug-likeness (QED) is 0.639. The molecule has 2 rings (SSSR count). The Labute approximate surface area is 113 Å². The van der Waals surface area contributed by atoms with Gasteiger partial charge in [-0.15, -0.1) is 11.3 Å². The molecule has 1 aliphatic carbocycles. The molecule has 1 heterocycles. The highest BCUT2D eigenvalue weighted by Gasteiger charge is 2.32. The lowest BCUT2D eigenvalue weighted by Crippen LogP contribution is -2.37. The average molecular weight is 273 g/mol. The van der Waals surface area contributed by atoms with Crippen LogP contribution in [0.2, 0.25) is 5.02 Å². The van der Waals surface area contributed by atoms with Gasteiger partial charge in [0, 0.05) is 4.88 Å².